The van der Waals surface area contributed by atoms with E-state index in [1.54, 1.807) is 24.3 Å². The fourth-order valence-electron chi connectivity index (χ4n) is 3.57. The lowest BCUT2D eigenvalue weighted by Gasteiger charge is -2.25. The summed E-state index contributed by atoms with van der Waals surface area (Å²) >= 11 is 0. The molecule has 31 heavy (non-hydrogen) atoms. The number of carbonyl (C=O) groups excluding carboxylic acids is 2. The van der Waals surface area contributed by atoms with Crippen LogP contribution in [0.2, 0.25) is 0 Å². The molecule has 2 aromatic carbocycles. The lowest BCUT2D eigenvalue weighted by Crippen LogP contribution is -2.31. The number of amides is 1. The van der Waals surface area contributed by atoms with Crippen LogP contribution in [0.1, 0.15) is 23.6 Å². The molecule has 1 amide bonds. The molecule has 1 atom stereocenters. The van der Waals surface area contributed by atoms with Crippen LogP contribution in [-0.4, -0.2) is 54.0 Å². The molecule has 1 N–H and O–H groups in total. The largest absolute Gasteiger partial charge is 0.507 e. The Bertz CT molecular complexity index is 1050. The summed E-state index contributed by atoms with van der Waals surface area (Å²) < 4.78 is 10.2. The quantitative estimate of drug-likeness (QED) is 0.172. The van der Waals surface area contributed by atoms with Crippen molar-refractivity contribution in [1.82, 2.24) is 4.90 Å². The van der Waals surface area contributed by atoms with Crippen molar-refractivity contribution in [2.45, 2.75) is 12.5 Å². The number of hydrogen-bond acceptors (Lipinski definition) is 7. The van der Waals surface area contributed by atoms with E-state index in [0.717, 1.165) is 0 Å². The second-order valence-corrected chi connectivity index (χ2v) is 6.92. The van der Waals surface area contributed by atoms with Crippen molar-refractivity contribution in [3.8, 4) is 5.75 Å². The van der Waals surface area contributed by atoms with Crippen LogP contribution in [0, 0.1) is 10.1 Å². The number of nitro groups is 1. The number of Topliss-reactive ketones (excluding diaryl/α,β-unsaturated/α-hetero) is 1. The molecule has 1 unspecified atom stereocenters. The monoisotopic (exact) mass is 426 g/mol. The van der Waals surface area contributed by atoms with E-state index in [1.807, 2.05) is 0 Å². The minimum absolute atomic E-state index is 0.129. The fourth-order valence-corrected chi connectivity index (χ4v) is 3.57. The van der Waals surface area contributed by atoms with Gasteiger partial charge < -0.3 is 19.5 Å². The first-order chi connectivity index (χ1) is 14.9. The Hall–Kier alpha value is -3.72. The predicted octanol–water partition coefficient (Wildman–Crippen LogP) is 3.06. The maximum Gasteiger partial charge on any atom is 0.295 e. The molecule has 0 aliphatic carbocycles. The summed E-state index contributed by atoms with van der Waals surface area (Å²) in [7, 11) is 2.99. The number of nitrogens with zero attached hydrogens (tertiary/aromatic N) is 2. The average molecular weight is 426 g/mol. The van der Waals surface area contributed by atoms with Crippen LogP contribution in [0.3, 0.4) is 0 Å². The van der Waals surface area contributed by atoms with Gasteiger partial charge in [0.25, 0.3) is 17.4 Å². The Balaban J connectivity index is 2.16. The van der Waals surface area contributed by atoms with Gasteiger partial charge >= 0.3 is 0 Å². The van der Waals surface area contributed by atoms with Crippen LogP contribution < -0.4 is 4.74 Å². The number of hydrogen-bond donors (Lipinski definition) is 1. The fraction of sp³-hybridized carbons (Fsp3) is 0.273. The number of rotatable bonds is 8. The zero-order chi connectivity index (χ0) is 22.5. The summed E-state index contributed by atoms with van der Waals surface area (Å²) in [6, 6.07) is 11.2. The van der Waals surface area contributed by atoms with E-state index >= 15 is 0 Å². The molecule has 3 rings (SSSR count). The summed E-state index contributed by atoms with van der Waals surface area (Å²) in [6.07, 6.45) is 0.453. The Morgan fingerprint density at radius 1 is 1.16 bits per heavy atom. The number of aliphatic hydroxyl groups is 1. The molecule has 1 saturated heterocycles. The van der Waals surface area contributed by atoms with E-state index in [2.05, 4.69) is 0 Å². The van der Waals surface area contributed by atoms with Gasteiger partial charge in [0.1, 0.15) is 11.5 Å². The van der Waals surface area contributed by atoms with E-state index < -0.39 is 22.7 Å². The standard InChI is InChI=1S/C22H22N2O7/c1-30-11-5-10-23-19(14-6-3-8-16(12-14)24(28)29)18(21(26)22(23)27)20(25)15-7-4-9-17(13-15)31-2/h3-4,6-9,12-13,19,25H,5,10-11H2,1-2H3/b20-18+. The van der Waals surface area contributed by atoms with Crippen molar-refractivity contribution in [3.05, 3.63) is 75.3 Å². The van der Waals surface area contributed by atoms with Gasteiger partial charge in [-0.3, -0.25) is 19.7 Å². The molecule has 2 aromatic rings. The Labute approximate surface area is 178 Å². The molecular formula is C22H22N2O7. The third-order valence-corrected chi connectivity index (χ3v) is 5.03. The molecule has 0 radical (unpaired) electrons. The first-order valence-electron chi connectivity index (χ1n) is 9.55. The van der Waals surface area contributed by atoms with E-state index in [0.29, 0.717) is 29.9 Å². The number of non-ortho nitro benzene ring substituents is 1. The van der Waals surface area contributed by atoms with Gasteiger partial charge in [0.05, 0.1) is 23.6 Å². The molecule has 0 saturated carbocycles. The van der Waals surface area contributed by atoms with E-state index in [4.69, 9.17) is 9.47 Å². The Morgan fingerprint density at radius 3 is 2.58 bits per heavy atom. The summed E-state index contributed by atoms with van der Waals surface area (Å²) in [5, 5.41) is 22.3. The lowest BCUT2D eigenvalue weighted by molar-refractivity contribution is -0.384. The number of methoxy groups -OCH3 is 2. The molecule has 0 spiro atoms. The van der Waals surface area contributed by atoms with E-state index in [9.17, 15) is 24.8 Å². The molecule has 0 aromatic heterocycles. The molecule has 9 heteroatoms. The molecular weight excluding hydrogens is 404 g/mol. The van der Waals surface area contributed by atoms with Gasteiger partial charge in [0, 0.05) is 38.0 Å². The Kier molecular flexibility index (Phi) is 6.66. The zero-order valence-electron chi connectivity index (χ0n) is 17.1. The predicted molar refractivity (Wildman–Crippen MR) is 112 cm³/mol. The van der Waals surface area contributed by atoms with Gasteiger partial charge in [-0.05, 0) is 24.1 Å². The molecule has 1 fully saturated rings. The van der Waals surface area contributed by atoms with Gasteiger partial charge in [-0.15, -0.1) is 0 Å². The molecule has 1 aliphatic rings. The van der Waals surface area contributed by atoms with E-state index in [1.165, 1.54) is 43.4 Å². The van der Waals surface area contributed by atoms with Crippen LogP contribution in [0.5, 0.6) is 5.75 Å². The second kappa shape index (κ2) is 9.40. The van der Waals surface area contributed by atoms with Crippen LogP contribution in [0.15, 0.2) is 54.1 Å². The zero-order valence-corrected chi connectivity index (χ0v) is 17.1. The summed E-state index contributed by atoms with van der Waals surface area (Å²) in [5.74, 6) is -1.54. The number of ketones is 1. The van der Waals surface area contributed by atoms with Crippen LogP contribution in [0.4, 0.5) is 5.69 Å². The van der Waals surface area contributed by atoms with E-state index in [-0.39, 0.29) is 23.6 Å². The minimum atomic E-state index is -0.969. The SMILES string of the molecule is COCCCN1C(=O)C(=O)/C(=C(/O)c2cccc(OC)c2)C1c1cccc([N+](=O)[O-])c1. The van der Waals surface area contributed by atoms with Crippen molar-refractivity contribution >= 4 is 23.1 Å². The summed E-state index contributed by atoms with van der Waals surface area (Å²) in [4.78, 5) is 37.7. The summed E-state index contributed by atoms with van der Waals surface area (Å²) in [6.45, 7) is 0.543. The number of benzene rings is 2. The van der Waals surface area contributed by atoms with Crippen LogP contribution >= 0.6 is 0 Å². The number of ether oxygens (including phenoxy) is 2. The molecule has 9 nitrogen and oxygen atoms in total. The maximum atomic E-state index is 12.9. The van der Waals surface area contributed by atoms with Crippen LogP contribution in [0.25, 0.3) is 5.76 Å². The molecule has 1 aliphatic heterocycles. The van der Waals surface area contributed by atoms with Crippen molar-refractivity contribution in [1.29, 1.82) is 0 Å². The number of nitro benzene ring substituents is 1. The highest BCUT2D eigenvalue weighted by molar-refractivity contribution is 6.46. The number of likely N-dealkylation sites (tertiary alicyclic amines) is 1. The third kappa shape index (κ3) is 4.41. The van der Waals surface area contributed by atoms with Crippen molar-refractivity contribution in [3.63, 3.8) is 0 Å². The molecule has 0 bridgehead atoms. The van der Waals surface area contributed by atoms with Gasteiger partial charge in [0.15, 0.2) is 0 Å². The second-order valence-electron chi connectivity index (χ2n) is 6.92. The number of carbonyl (C=O) groups is 2. The number of aliphatic hydroxyl groups excluding tert-OH is 1. The highest BCUT2D eigenvalue weighted by atomic mass is 16.6. The normalized spacial score (nSPS) is 17.7. The van der Waals surface area contributed by atoms with Crippen molar-refractivity contribution in [2.24, 2.45) is 0 Å². The van der Waals surface area contributed by atoms with Gasteiger partial charge in [-0.2, -0.15) is 0 Å². The van der Waals surface area contributed by atoms with Gasteiger partial charge in [-0.25, -0.2) is 0 Å². The average Bonchev–Trinajstić information content (AvgIpc) is 3.04. The van der Waals surface area contributed by atoms with Crippen molar-refractivity contribution in [2.75, 3.05) is 27.4 Å². The highest BCUT2D eigenvalue weighted by Gasteiger charge is 2.46. The summed E-state index contributed by atoms with van der Waals surface area (Å²) in [5.41, 5.74) is 0.345. The van der Waals surface area contributed by atoms with Crippen molar-refractivity contribution < 1.29 is 29.1 Å². The maximum absolute atomic E-state index is 12.9. The van der Waals surface area contributed by atoms with Gasteiger partial charge in [-0.1, -0.05) is 24.3 Å². The molecule has 162 valence electrons. The smallest absolute Gasteiger partial charge is 0.295 e. The Morgan fingerprint density at radius 2 is 1.90 bits per heavy atom. The topological polar surface area (TPSA) is 119 Å². The lowest BCUT2D eigenvalue weighted by atomic mass is 9.95. The highest BCUT2D eigenvalue weighted by Crippen LogP contribution is 2.40. The first-order valence-corrected chi connectivity index (χ1v) is 9.55. The van der Waals surface area contributed by atoms with Crippen LogP contribution in [-0.2, 0) is 14.3 Å². The third-order valence-electron chi connectivity index (χ3n) is 5.03. The minimum Gasteiger partial charge on any atom is -0.507 e. The first kappa shape index (κ1) is 22.0. The molecule has 1 heterocycles. The van der Waals surface area contributed by atoms with Gasteiger partial charge in [0.2, 0.25) is 0 Å².